The number of rotatable bonds is 0. The van der Waals surface area contributed by atoms with Crippen molar-refractivity contribution in [1.82, 2.24) is 0 Å². The fourth-order valence-electron chi connectivity index (χ4n) is 2.31. The standard InChI is InChI=1S/C11H12O5/c1-5-3-4-7(12)9(14)11(5)8(13)6(2)16-10(11)15/h3-5,8-9,13-14H,2H2,1H3/t5?,8?,9?,11-/m1/s1. The van der Waals surface area contributed by atoms with Crippen LogP contribution < -0.4 is 0 Å². The van der Waals surface area contributed by atoms with Crippen molar-refractivity contribution in [2.45, 2.75) is 19.1 Å². The lowest BCUT2D eigenvalue weighted by molar-refractivity contribution is -0.163. The molecule has 1 aliphatic carbocycles. The molecule has 1 heterocycles. The first-order valence-electron chi connectivity index (χ1n) is 4.91. The molecule has 1 spiro atoms. The largest absolute Gasteiger partial charge is 0.428 e. The quantitative estimate of drug-likeness (QED) is 0.544. The van der Waals surface area contributed by atoms with Gasteiger partial charge in [-0.25, -0.2) is 0 Å². The van der Waals surface area contributed by atoms with E-state index in [0.717, 1.165) is 0 Å². The van der Waals surface area contributed by atoms with E-state index in [1.807, 2.05) is 0 Å². The van der Waals surface area contributed by atoms with Gasteiger partial charge in [-0.15, -0.1) is 0 Å². The van der Waals surface area contributed by atoms with Crippen LogP contribution >= 0.6 is 0 Å². The van der Waals surface area contributed by atoms with Gasteiger partial charge in [-0.1, -0.05) is 19.6 Å². The topological polar surface area (TPSA) is 83.8 Å². The average molecular weight is 224 g/mol. The molecule has 3 unspecified atom stereocenters. The summed E-state index contributed by atoms with van der Waals surface area (Å²) in [5.74, 6) is -2.03. The van der Waals surface area contributed by atoms with Crippen LogP contribution in [0, 0.1) is 11.3 Å². The molecule has 16 heavy (non-hydrogen) atoms. The SMILES string of the molecule is C=C1OC(=O)[C@]2(C(C)C=CC(=O)C2O)C1O. The summed E-state index contributed by atoms with van der Waals surface area (Å²) in [6.45, 7) is 5.02. The molecule has 4 atom stereocenters. The Morgan fingerprint density at radius 1 is 1.38 bits per heavy atom. The van der Waals surface area contributed by atoms with Crippen LogP contribution in [0.3, 0.4) is 0 Å². The molecular formula is C11H12O5. The number of aliphatic hydroxyl groups excluding tert-OH is 2. The maximum Gasteiger partial charge on any atom is 0.324 e. The number of carbonyl (C=O) groups excluding carboxylic acids is 2. The molecule has 2 N–H and O–H groups in total. The van der Waals surface area contributed by atoms with E-state index in [0.29, 0.717) is 0 Å². The Balaban J connectivity index is 2.58. The number of hydrogen-bond acceptors (Lipinski definition) is 5. The summed E-state index contributed by atoms with van der Waals surface area (Å²) < 4.78 is 4.73. The van der Waals surface area contributed by atoms with Gasteiger partial charge in [-0.05, 0) is 12.0 Å². The van der Waals surface area contributed by atoms with Gasteiger partial charge in [-0.3, -0.25) is 9.59 Å². The maximum atomic E-state index is 11.7. The van der Waals surface area contributed by atoms with E-state index in [1.54, 1.807) is 6.92 Å². The highest BCUT2D eigenvalue weighted by Crippen LogP contribution is 2.47. The van der Waals surface area contributed by atoms with Gasteiger partial charge < -0.3 is 14.9 Å². The Hall–Kier alpha value is -1.46. The van der Waals surface area contributed by atoms with E-state index in [1.165, 1.54) is 12.2 Å². The van der Waals surface area contributed by atoms with Gasteiger partial charge in [0, 0.05) is 0 Å². The van der Waals surface area contributed by atoms with Crippen LogP contribution in [0.25, 0.3) is 0 Å². The van der Waals surface area contributed by atoms with E-state index < -0.39 is 35.3 Å². The number of hydrogen-bond donors (Lipinski definition) is 2. The summed E-state index contributed by atoms with van der Waals surface area (Å²) in [5, 5.41) is 19.8. The third-order valence-corrected chi connectivity index (χ3v) is 3.36. The minimum Gasteiger partial charge on any atom is -0.428 e. The molecule has 1 saturated heterocycles. The van der Waals surface area contributed by atoms with Crippen LogP contribution in [0.2, 0.25) is 0 Å². The minimum atomic E-state index is -1.64. The van der Waals surface area contributed by atoms with Crippen LogP contribution in [-0.2, 0) is 14.3 Å². The summed E-state index contributed by atoms with van der Waals surface area (Å²) in [5.41, 5.74) is -1.64. The highest BCUT2D eigenvalue weighted by molar-refractivity contribution is 6.01. The predicted octanol–water partition coefficient (Wildman–Crippen LogP) is -0.460. The Morgan fingerprint density at radius 3 is 2.50 bits per heavy atom. The summed E-state index contributed by atoms with van der Waals surface area (Å²) in [7, 11) is 0. The molecule has 1 aliphatic heterocycles. The molecule has 5 nitrogen and oxygen atoms in total. The van der Waals surface area contributed by atoms with E-state index in [-0.39, 0.29) is 5.76 Å². The van der Waals surface area contributed by atoms with E-state index in [2.05, 4.69) is 6.58 Å². The predicted molar refractivity (Wildman–Crippen MR) is 53.0 cm³/mol. The van der Waals surface area contributed by atoms with Gasteiger partial charge in [0.1, 0.15) is 23.4 Å². The van der Waals surface area contributed by atoms with Crippen LogP contribution in [-0.4, -0.2) is 34.2 Å². The van der Waals surface area contributed by atoms with Gasteiger partial charge in [0.2, 0.25) is 0 Å². The Bertz CT molecular complexity index is 411. The van der Waals surface area contributed by atoms with Crippen molar-refractivity contribution in [2.24, 2.45) is 11.3 Å². The third kappa shape index (κ3) is 1.07. The molecule has 0 aromatic carbocycles. The normalized spacial score (nSPS) is 42.9. The lowest BCUT2D eigenvalue weighted by atomic mass is 9.65. The molecule has 5 heteroatoms. The zero-order chi connectivity index (χ0) is 12.1. The van der Waals surface area contributed by atoms with E-state index in [4.69, 9.17) is 4.74 Å². The molecular weight excluding hydrogens is 212 g/mol. The molecule has 2 rings (SSSR count). The lowest BCUT2D eigenvalue weighted by Gasteiger charge is -2.37. The Kier molecular flexibility index (Phi) is 2.25. The molecule has 0 amide bonds. The second-order valence-electron chi connectivity index (χ2n) is 4.14. The fraction of sp³-hybridized carbons (Fsp3) is 0.455. The van der Waals surface area contributed by atoms with Crippen LogP contribution in [0.5, 0.6) is 0 Å². The van der Waals surface area contributed by atoms with Gasteiger partial charge in [0.25, 0.3) is 0 Å². The van der Waals surface area contributed by atoms with Crippen molar-refractivity contribution in [1.29, 1.82) is 0 Å². The molecule has 0 aromatic heterocycles. The molecule has 2 aliphatic rings. The van der Waals surface area contributed by atoms with E-state index in [9.17, 15) is 19.8 Å². The van der Waals surface area contributed by atoms with Gasteiger partial charge in [0.05, 0.1) is 0 Å². The minimum absolute atomic E-state index is 0.126. The Morgan fingerprint density at radius 2 is 2.00 bits per heavy atom. The smallest absolute Gasteiger partial charge is 0.324 e. The summed E-state index contributed by atoms with van der Waals surface area (Å²) in [4.78, 5) is 23.2. The van der Waals surface area contributed by atoms with Gasteiger partial charge >= 0.3 is 5.97 Å². The molecule has 0 bridgehead atoms. The highest BCUT2D eigenvalue weighted by atomic mass is 16.6. The number of ether oxygens (including phenoxy) is 1. The molecule has 86 valence electrons. The zero-order valence-corrected chi connectivity index (χ0v) is 8.71. The van der Waals surface area contributed by atoms with Gasteiger partial charge in [-0.2, -0.15) is 0 Å². The molecule has 0 aromatic rings. The fourth-order valence-corrected chi connectivity index (χ4v) is 2.31. The van der Waals surface area contributed by atoms with Gasteiger partial charge in [0.15, 0.2) is 5.78 Å². The first-order valence-corrected chi connectivity index (χ1v) is 4.91. The van der Waals surface area contributed by atoms with E-state index >= 15 is 0 Å². The zero-order valence-electron chi connectivity index (χ0n) is 8.71. The Labute approximate surface area is 92.0 Å². The second-order valence-corrected chi connectivity index (χ2v) is 4.14. The highest BCUT2D eigenvalue weighted by Gasteiger charge is 2.64. The molecule has 0 saturated carbocycles. The van der Waals surface area contributed by atoms with Crippen molar-refractivity contribution in [2.75, 3.05) is 0 Å². The second kappa shape index (κ2) is 3.26. The number of allylic oxidation sites excluding steroid dienone is 1. The summed E-state index contributed by atoms with van der Waals surface area (Å²) in [6.07, 6.45) is -0.257. The van der Waals surface area contributed by atoms with Crippen molar-refractivity contribution in [3.05, 3.63) is 24.5 Å². The third-order valence-electron chi connectivity index (χ3n) is 3.36. The van der Waals surface area contributed by atoms with Crippen molar-refractivity contribution >= 4 is 11.8 Å². The van der Waals surface area contributed by atoms with Crippen molar-refractivity contribution in [3.63, 3.8) is 0 Å². The number of esters is 1. The van der Waals surface area contributed by atoms with Crippen molar-refractivity contribution in [3.8, 4) is 0 Å². The average Bonchev–Trinajstić information content (AvgIpc) is 2.45. The van der Waals surface area contributed by atoms with Crippen LogP contribution in [0.15, 0.2) is 24.5 Å². The molecule has 0 radical (unpaired) electrons. The maximum absolute atomic E-state index is 11.7. The molecule has 1 fully saturated rings. The monoisotopic (exact) mass is 224 g/mol. The first-order chi connectivity index (χ1) is 7.42. The number of ketones is 1. The summed E-state index contributed by atoms with van der Waals surface area (Å²) in [6, 6.07) is 0. The first kappa shape index (κ1) is 11.0. The van der Waals surface area contributed by atoms with Crippen LogP contribution in [0.1, 0.15) is 6.92 Å². The summed E-state index contributed by atoms with van der Waals surface area (Å²) >= 11 is 0. The lowest BCUT2D eigenvalue weighted by Crippen LogP contribution is -2.55. The number of carbonyl (C=O) groups is 2. The number of cyclic esters (lactones) is 1. The van der Waals surface area contributed by atoms with Crippen molar-refractivity contribution < 1.29 is 24.5 Å². The number of aliphatic hydroxyl groups is 2. The van der Waals surface area contributed by atoms with Crippen LogP contribution in [0.4, 0.5) is 0 Å².